The monoisotopic (exact) mass is 311 g/mol. The second kappa shape index (κ2) is 8.95. The fourth-order valence-corrected chi connectivity index (χ4v) is 3.00. The number of aliphatic imine (C=N–C) groups is 1. The van der Waals surface area contributed by atoms with E-state index in [1.807, 2.05) is 6.92 Å². The molecule has 1 amide bonds. The summed E-state index contributed by atoms with van der Waals surface area (Å²) in [7, 11) is 0. The molecule has 0 aromatic heterocycles. The molecule has 0 aromatic rings. The Kier molecular flexibility index (Phi) is 6.92. The zero-order valence-electron chi connectivity index (χ0n) is 13.8. The van der Waals surface area contributed by atoms with Crippen molar-refractivity contribution in [2.24, 2.45) is 4.99 Å². The molecule has 2 rings (SSSR count). The van der Waals surface area contributed by atoms with E-state index in [1.54, 1.807) is 0 Å². The number of amides is 1. The average Bonchev–Trinajstić information content (AvgIpc) is 3.02. The van der Waals surface area contributed by atoms with Crippen molar-refractivity contribution in [2.75, 3.05) is 59.0 Å². The number of carbonyl (C=O) groups excluding carboxylic acids is 1. The Morgan fingerprint density at radius 2 is 1.91 bits per heavy atom. The van der Waals surface area contributed by atoms with Gasteiger partial charge in [0.25, 0.3) is 0 Å². The van der Waals surface area contributed by atoms with Crippen molar-refractivity contribution in [1.82, 2.24) is 20.4 Å². The van der Waals surface area contributed by atoms with E-state index in [9.17, 15) is 4.79 Å². The molecule has 0 saturated carbocycles. The zero-order chi connectivity index (χ0) is 15.8. The number of carbonyl (C=O) groups is 1. The van der Waals surface area contributed by atoms with Gasteiger partial charge in [0.15, 0.2) is 5.96 Å². The Morgan fingerprint density at radius 1 is 1.18 bits per heavy atom. The SMILES string of the molecule is CCNC(=O)CN=C(NCC)N1CCC(N2CCOCC2)C1. The Bertz CT molecular complexity index is 382. The molecule has 0 bridgehead atoms. The summed E-state index contributed by atoms with van der Waals surface area (Å²) in [5.41, 5.74) is 0. The van der Waals surface area contributed by atoms with Crippen LogP contribution < -0.4 is 10.6 Å². The van der Waals surface area contributed by atoms with Crippen LogP contribution in [0.5, 0.6) is 0 Å². The van der Waals surface area contributed by atoms with Gasteiger partial charge in [0.05, 0.1) is 13.2 Å². The van der Waals surface area contributed by atoms with E-state index in [-0.39, 0.29) is 12.5 Å². The fraction of sp³-hybridized carbons (Fsp3) is 0.867. The lowest BCUT2D eigenvalue weighted by molar-refractivity contribution is -0.119. The fourth-order valence-electron chi connectivity index (χ4n) is 3.00. The first kappa shape index (κ1) is 17.0. The standard InChI is InChI=1S/C15H29N5O2/c1-3-16-14(21)11-18-15(17-4-2)20-6-5-13(12-20)19-7-9-22-10-8-19/h13H,3-12H2,1-2H3,(H,16,21)(H,17,18). The number of likely N-dealkylation sites (tertiary alicyclic amines) is 1. The number of morpholine rings is 1. The summed E-state index contributed by atoms with van der Waals surface area (Å²) in [5.74, 6) is 0.825. The minimum Gasteiger partial charge on any atom is -0.379 e. The maximum Gasteiger partial charge on any atom is 0.241 e. The van der Waals surface area contributed by atoms with E-state index in [4.69, 9.17) is 4.74 Å². The molecule has 0 radical (unpaired) electrons. The lowest BCUT2D eigenvalue weighted by Crippen LogP contribution is -2.47. The predicted molar refractivity (Wildman–Crippen MR) is 87.0 cm³/mol. The molecule has 7 heteroatoms. The summed E-state index contributed by atoms with van der Waals surface area (Å²) < 4.78 is 5.42. The molecule has 126 valence electrons. The van der Waals surface area contributed by atoms with Crippen LogP contribution in [0.3, 0.4) is 0 Å². The zero-order valence-corrected chi connectivity index (χ0v) is 13.8. The Morgan fingerprint density at radius 3 is 2.59 bits per heavy atom. The highest BCUT2D eigenvalue weighted by atomic mass is 16.5. The molecule has 2 aliphatic heterocycles. The first-order valence-electron chi connectivity index (χ1n) is 8.36. The lowest BCUT2D eigenvalue weighted by atomic mass is 10.2. The molecular formula is C15H29N5O2. The van der Waals surface area contributed by atoms with E-state index in [1.165, 1.54) is 0 Å². The predicted octanol–water partition coefficient (Wildman–Crippen LogP) is -0.505. The lowest BCUT2D eigenvalue weighted by Gasteiger charge is -2.32. The van der Waals surface area contributed by atoms with Crippen LogP contribution in [0.1, 0.15) is 20.3 Å². The average molecular weight is 311 g/mol. The van der Waals surface area contributed by atoms with Crippen molar-refractivity contribution < 1.29 is 9.53 Å². The third kappa shape index (κ3) is 4.84. The third-order valence-electron chi connectivity index (χ3n) is 4.11. The van der Waals surface area contributed by atoms with Crippen LogP contribution in [0.4, 0.5) is 0 Å². The van der Waals surface area contributed by atoms with Crippen molar-refractivity contribution in [3.05, 3.63) is 0 Å². The summed E-state index contributed by atoms with van der Waals surface area (Å²) in [6, 6.07) is 0.567. The van der Waals surface area contributed by atoms with Gasteiger partial charge in [-0.3, -0.25) is 9.69 Å². The van der Waals surface area contributed by atoms with Crippen LogP contribution in [-0.4, -0.2) is 86.7 Å². The number of ether oxygens (including phenoxy) is 1. The quantitative estimate of drug-likeness (QED) is 0.529. The smallest absolute Gasteiger partial charge is 0.241 e. The highest BCUT2D eigenvalue weighted by molar-refractivity contribution is 5.85. The molecule has 1 unspecified atom stereocenters. The van der Waals surface area contributed by atoms with Gasteiger partial charge in [0, 0.05) is 45.3 Å². The third-order valence-corrected chi connectivity index (χ3v) is 4.11. The van der Waals surface area contributed by atoms with Crippen molar-refractivity contribution in [3.8, 4) is 0 Å². The Balaban J connectivity index is 1.88. The van der Waals surface area contributed by atoms with Crippen LogP contribution in [0.15, 0.2) is 4.99 Å². The summed E-state index contributed by atoms with van der Waals surface area (Å²) in [6.07, 6.45) is 1.14. The first-order valence-corrected chi connectivity index (χ1v) is 8.36. The molecule has 2 aliphatic rings. The number of nitrogens with zero attached hydrogens (tertiary/aromatic N) is 3. The van der Waals surface area contributed by atoms with E-state index in [2.05, 4.69) is 32.3 Å². The van der Waals surface area contributed by atoms with Gasteiger partial charge in [-0.25, -0.2) is 4.99 Å². The topological polar surface area (TPSA) is 69.2 Å². The van der Waals surface area contributed by atoms with E-state index < -0.39 is 0 Å². The highest BCUT2D eigenvalue weighted by Gasteiger charge is 2.30. The minimum absolute atomic E-state index is 0.0261. The maximum absolute atomic E-state index is 11.6. The number of hydrogen-bond donors (Lipinski definition) is 2. The van der Waals surface area contributed by atoms with Gasteiger partial charge in [-0.1, -0.05) is 0 Å². The molecule has 7 nitrogen and oxygen atoms in total. The molecule has 2 fully saturated rings. The summed E-state index contributed by atoms with van der Waals surface area (Å²) in [6.45, 7) is 11.3. The van der Waals surface area contributed by atoms with Gasteiger partial charge < -0.3 is 20.3 Å². The molecule has 1 atom stereocenters. The minimum atomic E-state index is -0.0261. The number of likely N-dealkylation sites (N-methyl/N-ethyl adjacent to an activating group) is 1. The van der Waals surface area contributed by atoms with Crippen LogP contribution in [0.2, 0.25) is 0 Å². The van der Waals surface area contributed by atoms with E-state index in [0.717, 1.165) is 58.3 Å². The van der Waals surface area contributed by atoms with Crippen molar-refractivity contribution in [3.63, 3.8) is 0 Å². The number of guanidine groups is 1. The van der Waals surface area contributed by atoms with Crippen LogP contribution in [-0.2, 0) is 9.53 Å². The summed E-state index contributed by atoms with van der Waals surface area (Å²) in [5, 5.41) is 6.08. The summed E-state index contributed by atoms with van der Waals surface area (Å²) in [4.78, 5) is 20.8. The number of hydrogen-bond acceptors (Lipinski definition) is 4. The molecule has 0 spiro atoms. The normalized spacial score (nSPS) is 23.6. The maximum atomic E-state index is 11.6. The van der Waals surface area contributed by atoms with E-state index >= 15 is 0 Å². The molecule has 22 heavy (non-hydrogen) atoms. The second-order valence-corrected chi connectivity index (χ2v) is 5.66. The summed E-state index contributed by atoms with van der Waals surface area (Å²) >= 11 is 0. The first-order chi connectivity index (χ1) is 10.7. The van der Waals surface area contributed by atoms with Gasteiger partial charge in [-0.05, 0) is 20.3 Å². The molecular weight excluding hydrogens is 282 g/mol. The van der Waals surface area contributed by atoms with Crippen LogP contribution >= 0.6 is 0 Å². The molecule has 2 N–H and O–H groups in total. The second-order valence-electron chi connectivity index (χ2n) is 5.66. The van der Waals surface area contributed by atoms with Crippen LogP contribution in [0, 0.1) is 0 Å². The van der Waals surface area contributed by atoms with Crippen molar-refractivity contribution >= 4 is 11.9 Å². The van der Waals surface area contributed by atoms with Gasteiger partial charge in [0.2, 0.25) is 5.91 Å². The van der Waals surface area contributed by atoms with Gasteiger partial charge in [-0.15, -0.1) is 0 Å². The molecule has 0 aliphatic carbocycles. The van der Waals surface area contributed by atoms with E-state index in [0.29, 0.717) is 12.6 Å². The molecule has 2 saturated heterocycles. The largest absolute Gasteiger partial charge is 0.379 e. The van der Waals surface area contributed by atoms with Gasteiger partial charge in [-0.2, -0.15) is 0 Å². The Labute approximate surface area is 133 Å². The van der Waals surface area contributed by atoms with Gasteiger partial charge >= 0.3 is 0 Å². The van der Waals surface area contributed by atoms with Crippen molar-refractivity contribution in [2.45, 2.75) is 26.3 Å². The number of nitrogens with one attached hydrogen (secondary N) is 2. The molecule has 0 aromatic carbocycles. The van der Waals surface area contributed by atoms with Crippen LogP contribution in [0.25, 0.3) is 0 Å². The number of rotatable bonds is 5. The van der Waals surface area contributed by atoms with Gasteiger partial charge in [0.1, 0.15) is 6.54 Å². The highest BCUT2D eigenvalue weighted by Crippen LogP contribution is 2.17. The molecule has 2 heterocycles. The van der Waals surface area contributed by atoms with Crippen molar-refractivity contribution in [1.29, 1.82) is 0 Å². The Hall–Kier alpha value is -1.34.